The molecule has 1 aliphatic heterocycles. The summed E-state index contributed by atoms with van der Waals surface area (Å²) >= 11 is 3.47. The molecule has 1 atom stereocenters. The highest BCUT2D eigenvalue weighted by atomic mass is 79.9. The number of rotatable bonds is 7. The Morgan fingerprint density at radius 3 is 2.42 bits per heavy atom. The second kappa shape index (κ2) is 10.6. The van der Waals surface area contributed by atoms with Crippen molar-refractivity contribution >= 4 is 39.1 Å². The first-order chi connectivity index (χ1) is 17.2. The molecule has 1 heterocycles. The van der Waals surface area contributed by atoms with Gasteiger partial charge in [-0.05, 0) is 66.9 Å². The number of likely N-dealkylation sites (tertiary alicyclic amines) is 1. The van der Waals surface area contributed by atoms with Crippen LogP contribution in [0.1, 0.15) is 35.2 Å². The molecule has 0 spiro atoms. The van der Waals surface area contributed by atoms with Crippen molar-refractivity contribution in [1.29, 1.82) is 0 Å². The molecule has 1 amide bonds. The van der Waals surface area contributed by atoms with Crippen LogP contribution in [0.25, 0.3) is 5.76 Å². The molecule has 1 fully saturated rings. The summed E-state index contributed by atoms with van der Waals surface area (Å²) in [5, 5.41) is 11.3. The molecular formula is C29H29BrN2O4. The maximum atomic E-state index is 13.3. The number of Topliss-reactive ketones (excluding diaryl/α,β-unsaturated/α-hetero) is 1. The fourth-order valence-corrected chi connectivity index (χ4v) is 4.64. The molecule has 0 bridgehead atoms. The predicted octanol–water partition coefficient (Wildman–Crippen LogP) is 5.84. The first kappa shape index (κ1) is 25.5. The first-order valence-corrected chi connectivity index (χ1v) is 12.5. The van der Waals surface area contributed by atoms with Gasteiger partial charge in [0.05, 0.1) is 18.2 Å². The number of ketones is 1. The number of amides is 1. The minimum Gasteiger partial charge on any atom is -0.507 e. The van der Waals surface area contributed by atoms with Crippen molar-refractivity contribution in [2.75, 3.05) is 25.6 Å². The van der Waals surface area contributed by atoms with Crippen LogP contribution in [0.3, 0.4) is 0 Å². The number of ether oxygens (including phenoxy) is 1. The summed E-state index contributed by atoms with van der Waals surface area (Å²) in [5.41, 5.74) is 4.05. The summed E-state index contributed by atoms with van der Waals surface area (Å²) in [5.74, 6) is -0.829. The maximum Gasteiger partial charge on any atom is 0.295 e. The van der Waals surface area contributed by atoms with E-state index in [9.17, 15) is 14.7 Å². The van der Waals surface area contributed by atoms with Gasteiger partial charge >= 0.3 is 0 Å². The standard InChI is InChI=1S/C29H29BrN2O4/c1-5-36-23-8-6-7-19(16-23)17-32-26(20-9-12-22(13-10-20)31(3)4)25(28(34)29(32)35)27(33)21-11-14-24(30)18(2)15-21/h6-16,26,33H,5,17H2,1-4H3/b27-25-. The van der Waals surface area contributed by atoms with Gasteiger partial charge in [-0.15, -0.1) is 0 Å². The highest BCUT2D eigenvalue weighted by Gasteiger charge is 2.46. The van der Waals surface area contributed by atoms with Gasteiger partial charge in [-0.3, -0.25) is 9.59 Å². The number of carbonyl (C=O) groups is 2. The van der Waals surface area contributed by atoms with Crippen LogP contribution in [0.2, 0.25) is 0 Å². The molecule has 0 aliphatic carbocycles. The molecule has 0 radical (unpaired) electrons. The van der Waals surface area contributed by atoms with Crippen molar-refractivity contribution in [2.45, 2.75) is 26.4 Å². The lowest BCUT2D eigenvalue weighted by Gasteiger charge is -2.26. The van der Waals surface area contributed by atoms with Gasteiger partial charge in [-0.1, -0.05) is 46.3 Å². The van der Waals surface area contributed by atoms with Crippen LogP contribution in [0.15, 0.2) is 76.8 Å². The van der Waals surface area contributed by atoms with Crippen molar-refractivity contribution in [1.82, 2.24) is 4.90 Å². The van der Waals surface area contributed by atoms with Gasteiger partial charge in [-0.2, -0.15) is 0 Å². The van der Waals surface area contributed by atoms with E-state index in [1.54, 1.807) is 12.1 Å². The summed E-state index contributed by atoms with van der Waals surface area (Å²) in [6.07, 6.45) is 0. The normalized spacial score (nSPS) is 16.9. The Morgan fingerprint density at radius 1 is 1.06 bits per heavy atom. The topological polar surface area (TPSA) is 70.1 Å². The summed E-state index contributed by atoms with van der Waals surface area (Å²) in [7, 11) is 3.89. The largest absolute Gasteiger partial charge is 0.507 e. The number of carbonyl (C=O) groups excluding carboxylic acids is 2. The molecule has 6 nitrogen and oxygen atoms in total. The van der Waals surface area contributed by atoms with E-state index < -0.39 is 17.7 Å². The fraction of sp³-hybridized carbons (Fsp3) is 0.241. The van der Waals surface area contributed by atoms with E-state index in [-0.39, 0.29) is 17.9 Å². The van der Waals surface area contributed by atoms with Gasteiger partial charge in [0.15, 0.2) is 0 Å². The quantitative estimate of drug-likeness (QED) is 0.228. The number of aliphatic hydroxyl groups excluding tert-OH is 1. The van der Waals surface area contributed by atoms with Crippen LogP contribution < -0.4 is 9.64 Å². The monoisotopic (exact) mass is 548 g/mol. The zero-order valence-corrected chi connectivity index (χ0v) is 22.4. The molecule has 36 heavy (non-hydrogen) atoms. The Bertz CT molecular complexity index is 1330. The van der Waals surface area contributed by atoms with Gasteiger partial charge in [0, 0.05) is 36.4 Å². The van der Waals surface area contributed by atoms with E-state index in [2.05, 4.69) is 15.9 Å². The summed E-state index contributed by atoms with van der Waals surface area (Å²) in [6, 6.07) is 19.8. The molecular weight excluding hydrogens is 520 g/mol. The average molecular weight is 549 g/mol. The van der Waals surface area contributed by atoms with Crippen LogP contribution in [-0.2, 0) is 16.1 Å². The molecule has 7 heteroatoms. The Balaban J connectivity index is 1.84. The van der Waals surface area contributed by atoms with Gasteiger partial charge in [-0.25, -0.2) is 0 Å². The molecule has 1 unspecified atom stereocenters. The Kier molecular flexibility index (Phi) is 7.50. The summed E-state index contributed by atoms with van der Waals surface area (Å²) in [6.45, 7) is 4.54. The Hall–Kier alpha value is -3.58. The van der Waals surface area contributed by atoms with E-state index in [4.69, 9.17) is 4.74 Å². The fourth-order valence-electron chi connectivity index (χ4n) is 4.39. The SMILES string of the molecule is CCOc1cccc(CN2C(=O)C(=O)/C(=C(\O)c3ccc(Br)c(C)c3)C2c2ccc(N(C)C)cc2)c1. The third kappa shape index (κ3) is 5.02. The molecule has 3 aromatic carbocycles. The molecule has 1 saturated heterocycles. The van der Waals surface area contributed by atoms with Crippen molar-refractivity contribution < 1.29 is 19.4 Å². The minimum atomic E-state index is -0.735. The van der Waals surface area contributed by atoms with E-state index in [1.165, 1.54) is 4.90 Å². The lowest BCUT2D eigenvalue weighted by molar-refractivity contribution is -0.140. The zero-order chi connectivity index (χ0) is 26.0. The number of nitrogens with zero attached hydrogens (tertiary/aromatic N) is 2. The second-order valence-electron chi connectivity index (χ2n) is 8.96. The van der Waals surface area contributed by atoms with Crippen LogP contribution >= 0.6 is 15.9 Å². The van der Waals surface area contributed by atoms with Gasteiger partial charge in [0.1, 0.15) is 11.5 Å². The average Bonchev–Trinajstić information content (AvgIpc) is 3.10. The number of anilines is 1. The predicted molar refractivity (Wildman–Crippen MR) is 145 cm³/mol. The Morgan fingerprint density at radius 2 is 1.78 bits per heavy atom. The first-order valence-electron chi connectivity index (χ1n) is 11.7. The summed E-state index contributed by atoms with van der Waals surface area (Å²) < 4.78 is 6.51. The van der Waals surface area contributed by atoms with E-state index in [1.807, 2.05) is 87.4 Å². The van der Waals surface area contributed by atoms with E-state index in [0.29, 0.717) is 17.9 Å². The van der Waals surface area contributed by atoms with Crippen molar-refractivity contribution in [3.63, 3.8) is 0 Å². The molecule has 4 rings (SSSR count). The molecule has 0 aromatic heterocycles. The number of aliphatic hydroxyl groups is 1. The summed E-state index contributed by atoms with van der Waals surface area (Å²) in [4.78, 5) is 30.2. The molecule has 1 N–H and O–H groups in total. The number of benzene rings is 3. The van der Waals surface area contributed by atoms with Crippen LogP contribution in [0, 0.1) is 6.92 Å². The van der Waals surface area contributed by atoms with Crippen LogP contribution in [-0.4, -0.2) is 42.4 Å². The number of hydrogen-bond donors (Lipinski definition) is 1. The highest BCUT2D eigenvalue weighted by Crippen LogP contribution is 2.41. The zero-order valence-electron chi connectivity index (χ0n) is 20.8. The van der Waals surface area contributed by atoms with Crippen LogP contribution in [0.4, 0.5) is 5.69 Å². The number of aryl methyl sites for hydroxylation is 1. The van der Waals surface area contributed by atoms with E-state index >= 15 is 0 Å². The third-order valence-corrected chi connectivity index (χ3v) is 7.15. The second-order valence-corrected chi connectivity index (χ2v) is 9.81. The van der Waals surface area contributed by atoms with Gasteiger partial charge < -0.3 is 19.6 Å². The number of halogens is 1. The Labute approximate surface area is 219 Å². The lowest BCUT2D eigenvalue weighted by atomic mass is 9.94. The maximum absolute atomic E-state index is 13.3. The van der Waals surface area contributed by atoms with Crippen molar-refractivity contribution in [2.24, 2.45) is 0 Å². The van der Waals surface area contributed by atoms with Gasteiger partial charge in [0.2, 0.25) is 0 Å². The molecule has 1 aliphatic rings. The van der Waals surface area contributed by atoms with Crippen molar-refractivity contribution in [3.8, 4) is 5.75 Å². The smallest absolute Gasteiger partial charge is 0.295 e. The minimum absolute atomic E-state index is 0.0836. The third-order valence-electron chi connectivity index (χ3n) is 6.26. The van der Waals surface area contributed by atoms with Crippen LogP contribution in [0.5, 0.6) is 5.75 Å². The molecule has 3 aromatic rings. The molecule has 0 saturated carbocycles. The highest BCUT2D eigenvalue weighted by molar-refractivity contribution is 9.10. The van der Waals surface area contributed by atoms with Crippen molar-refractivity contribution in [3.05, 3.63) is 99.0 Å². The lowest BCUT2D eigenvalue weighted by Crippen LogP contribution is -2.29. The molecule has 186 valence electrons. The van der Waals surface area contributed by atoms with Gasteiger partial charge in [0.25, 0.3) is 11.7 Å². The number of hydrogen-bond acceptors (Lipinski definition) is 5. The van der Waals surface area contributed by atoms with E-state index in [0.717, 1.165) is 26.9 Å².